The minimum atomic E-state index is -0.442. The van der Waals surface area contributed by atoms with E-state index in [-0.39, 0.29) is 16.9 Å². The maximum absolute atomic E-state index is 11.4. The van der Waals surface area contributed by atoms with Crippen molar-refractivity contribution in [3.8, 4) is 0 Å². The highest BCUT2D eigenvalue weighted by atomic mass is 32.1. The first kappa shape index (κ1) is 12.7. The van der Waals surface area contributed by atoms with Crippen LogP contribution in [0.1, 0.15) is 12.8 Å². The highest BCUT2D eigenvalue weighted by Crippen LogP contribution is 2.31. The summed E-state index contributed by atoms with van der Waals surface area (Å²) in [6.45, 7) is 1.34. The number of anilines is 1. The summed E-state index contributed by atoms with van der Waals surface area (Å²) in [5, 5.41) is 11.3. The van der Waals surface area contributed by atoms with Gasteiger partial charge >= 0.3 is 11.0 Å². The van der Waals surface area contributed by atoms with Crippen LogP contribution >= 0.6 is 11.3 Å². The zero-order valence-corrected chi connectivity index (χ0v) is 10.7. The number of thiazole rings is 1. The van der Waals surface area contributed by atoms with Crippen LogP contribution in [0.25, 0.3) is 0 Å². The average Bonchev–Trinajstić information content (AvgIpc) is 2.88. The lowest BCUT2D eigenvalue weighted by Crippen LogP contribution is -2.36. The van der Waals surface area contributed by atoms with E-state index in [1.165, 1.54) is 13.3 Å². The third-order valence-corrected chi connectivity index (χ3v) is 3.97. The number of hydrogen-bond acceptors (Lipinski definition) is 7. The second-order valence-electron chi connectivity index (χ2n) is 4.02. The van der Waals surface area contributed by atoms with Gasteiger partial charge in [0.2, 0.25) is 0 Å². The van der Waals surface area contributed by atoms with Crippen molar-refractivity contribution in [2.24, 2.45) is 5.92 Å². The Morgan fingerprint density at radius 2 is 2.28 bits per heavy atom. The monoisotopic (exact) mass is 271 g/mol. The summed E-state index contributed by atoms with van der Waals surface area (Å²) < 4.78 is 4.71. The van der Waals surface area contributed by atoms with Crippen molar-refractivity contribution in [1.29, 1.82) is 0 Å². The fourth-order valence-electron chi connectivity index (χ4n) is 1.96. The molecule has 1 saturated heterocycles. The Kier molecular flexibility index (Phi) is 3.75. The van der Waals surface area contributed by atoms with Crippen LogP contribution in [0.2, 0.25) is 0 Å². The van der Waals surface area contributed by atoms with Crippen LogP contribution in [-0.4, -0.2) is 36.1 Å². The molecule has 0 bridgehead atoms. The SMILES string of the molecule is COC(=O)C1CCN(c2ncc([N+](=O)[O-])s2)CC1. The number of piperidine rings is 1. The van der Waals surface area contributed by atoms with Gasteiger partial charge in [0.25, 0.3) is 0 Å². The van der Waals surface area contributed by atoms with Crippen LogP contribution < -0.4 is 4.90 Å². The van der Waals surface area contributed by atoms with Crippen molar-refractivity contribution in [2.75, 3.05) is 25.1 Å². The Balaban J connectivity index is 1.96. The number of carbonyl (C=O) groups excluding carboxylic acids is 1. The van der Waals surface area contributed by atoms with Crippen molar-refractivity contribution in [2.45, 2.75) is 12.8 Å². The van der Waals surface area contributed by atoms with Gasteiger partial charge < -0.3 is 9.64 Å². The van der Waals surface area contributed by atoms with Gasteiger partial charge in [-0.1, -0.05) is 0 Å². The van der Waals surface area contributed by atoms with E-state index in [0.29, 0.717) is 31.1 Å². The summed E-state index contributed by atoms with van der Waals surface area (Å²) in [6, 6.07) is 0. The van der Waals surface area contributed by atoms with Gasteiger partial charge in [0.05, 0.1) is 18.0 Å². The lowest BCUT2D eigenvalue weighted by atomic mass is 9.97. The summed E-state index contributed by atoms with van der Waals surface area (Å²) in [5.41, 5.74) is 0. The lowest BCUT2D eigenvalue weighted by molar-refractivity contribution is -0.380. The van der Waals surface area contributed by atoms with Crippen LogP contribution in [0.5, 0.6) is 0 Å². The maximum Gasteiger partial charge on any atom is 0.345 e. The Bertz CT molecular complexity index is 454. The van der Waals surface area contributed by atoms with Crippen molar-refractivity contribution in [3.05, 3.63) is 16.3 Å². The first-order valence-corrected chi connectivity index (χ1v) is 6.36. The molecule has 0 amide bonds. The Hall–Kier alpha value is -1.70. The number of rotatable bonds is 3. The van der Waals surface area contributed by atoms with Gasteiger partial charge in [-0.05, 0) is 24.2 Å². The third-order valence-electron chi connectivity index (χ3n) is 2.96. The molecule has 0 radical (unpaired) electrons. The molecule has 0 spiro atoms. The standard InChI is InChI=1S/C10H13N3O4S/c1-17-9(14)7-2-4-12(5-3-7)10-11-6-8(18-10)13(15)16/h6-7H,2-5H2,1H3. The van der Waals surface area contributed by atoms with Gasteiger partial charge in [-0.2, -0.15) is 0 Å². The quantitative estimate of drug-likeness (QED) is 0.470. The van der Waals surface area contributed by atoms with E-state index < -0.39 is 4.92 Å². The summed E-state index contributed by atoms with van der Waals surface area (Å²) in [6.07, 6.45) is 2.66. The minimum Gasteiger partial charge on any atom is -0.469 e. The van der Waals surface area contributed by atoms with Crippen molar-refractivity contribution >= 4 is 27.4 Å². The highest BCUT2D eigenvalue weighted by Gasteiger charge is 2.27. The van der Waals surface area contributed by atoms with Crippen LogP contribution in [0, 0.1) is 16.0 Å². The summed E-state index contributed by atoms with van der Waals surface area (Å²) in [7, 11) is 1.39. The van der Waals surface area contributed by atoms with Crippen molar-refractivity contribution in [1.82, 2.24) is 4.98 Å². The number of methoxy groups -OCH3 is 1. The van der Waals surface area contributed by atoms with Gasteiger partial charge in [0, 0.05) is 13.1 Å². The predicted molar refractivity (Wildman–Crippen MR) is 65.7 cm³/mol. The van der Waals surface area contributed by atoms with E-state index in [4.69, 9.17) is 4.74 Å². The molecule has 1 aliphatic rings. The third kappa shape index (κ3) is 2.58. The number of carbonyl (C=O) groups is 1. The highest BCUT2D eigenvalue weighted by molar-refractivity contribution is 7.18. The first-order valence-electron chi connectivity index (χ1n) is 5.55. The van der Waals surface area contributed by atoms with E-state index in [1.807, 2.05) is 4.90 Å². The lowest BCUT2D eigenvalue weighted by Gasteiger charge is -2.30. The van der Waals surface area contributed by atoms with E-state index in [9.17, 15) is 14.9 Å². The van der Waals surface area contributed by atoms with Gasteiger partial charge in [-0.15, -0.1) is 0 Å². The Morgan fingerprint density at radius 1 is 1.61 bits per heavy atom. The molecular formula is C10H13N3O4S. The Labute approximate surface area is 108 Å². The topological polar surface area (TPSA) is 85.6 Å². The number of esters is 1. The van der Waals surface area contributed by atoms with E-state index in [0.717, 1.165) is 11.3 Å². The fraction of sp³-hybridized carbons (Fsp3) is 0.600. The number of nitrogens with zero attached hydrogens (tertiary/aromatic N) is 3. The molecule has 0 atom stereocenters. The second-order valence-corrected chi connectivity index (χ2v) is 5.01. The maximum atomic E-state index is 11.4. The molecule has 1 fully saturated rings. The molecule has 1 aromatic rings. The molecule has 0 unspecified atom stereocenters. The van der Waals surface area contributed by atoms with Crippen LogP contribution in [0.15, 0.2) is 6.20 Å². The smallest absolute Gasteiger partial charge is 0.345 e. The molecular weight excluding hydrogens is 258 g/mol. The molecule has 0 saturated carbocycles. The zero-order chi connectivity index (χ0) is 13.1. The molecule has 1 aromatic heterocycles. The Morgan fingerprint density at radius 3 is 2.78 bits per heavy atom. The first-order chi connectivity index (χ1) is 8.61. The van der Waals surface area contributed by atoms with E-state index in [1.54, 1.807) is 0 Å². The molecule has 1 aliphatic heterocycles. The minimum absolute atomic E-state index is 0.0418. The van der Waals surface area contributed by atoms with E-state index >= 15 is 0 Å². The molecule has 0 aliphatic carbocycles. The van der Waals surface area contributed by atoms with Crippen LogP contribution in [0.3, 0.4) is 0 Å². The molecule has 0 N–H and O–H groups in total. The fourth-order valence-corrected chi connectivity index (χ4v) is 2.74. The number of aromatic nitrogens is 1. The van der Waals surface area contributed by atoms with Crippen LogP contribution in [0.4, 0.5) is 10.1 Å². The molecule has 2 rings (SSSR count). The molecule has 7 nitrogen and oxygen atoms in total. The zero-order valence-electron chi connectivity index (χ0n) is 9.87. The van der Waals surface area contributed by atoms with Crippen LogP contribution in [-0.2, 0) is 9.53 Å². The average molecular weight is 271 g/mol. The number of nitro groups is 1. The van der Waals surface area contributed by atoms with Gasteiger partial charge in [0.15, 0.2) is 5.13 Å². The summed E-state index contributed by atoms with van der Waals surface area (Å²) in [4.78, 5) is 27.5. The van der Waals surface area contributed by atoms with Crippen molar-refractivity contribution < 1.29 is 14.5 Å². The largest absolute Gasteiger partial charge is 0.469 e. The molecule has 0 aromatic carbocycles. The molecule has 18 heavy (non-hydrogen) atoms. The molecule has 2 heterocycles. The molecule has 8 heteroatoms. The van der Waals surface area contributed by atoms with Crippen molar-refractivity contribution in [3.63, 3.8) is 0 Å². The van der Waals surface area contributed by atoms with Gasteiger partial charge in [-0.3, -0.25) is 14.9 Å². The summed E-state index contributed by atoms with van der Waals surface area (Å²) in [5.74, 6) is -0.249. The van der Waals surface area contributed by atoms with Gasteiger partial charge in [0.1, 0.15) is 6.20 Å². The number of hydrogen-bond donors (Lipinski definition) is 0. The predicted octanol–water partition coefficient (Wildman–Crippen LogP) is 1.44. The normalized spacial score (nSPS) is 16.6. The number of ether oxygens (including phenoxy) is 1. The summed E-state index contributed by atoms with van der Waals surface area (Å²) >= 11 is 1.06. The molecule has 98 valence electrons. The second kappa shape index (κ2) is 5.30. The van der Waals surface area contributed by atoms with E-state index in [2.05, 4.69) is 4.98 Å². The van der Waals surface area contributed by atoms with Gasteiger partial charge in [-0.25, -0.2) is 4.98 Å².